The van der Waals surface area contributed by atoms with E-state index in [0.29, 0.717) is 22.3 Å². The van der Waals surface area contributed by atoms with E-state index < -0.39 is 5.97 Å². The number of rotatable bonds is 2. The third kappa shape index (κ3) is 2.21. The van der Waals surface area contributed by atoms with E-state index >= 15 is 0 Å². The van der Waals surface area contributed by atoms with Gasteiger partial charge in [0.15, 0.2) is 0 Å². The Hall–Kier alpha value is -2.66. The molecule has 0 aromatic heterocycles. The Balaban J connectivity index is 2.14. The Bertz CT molecular complexity index is 935. The van der Waals surface area contributed by atoms with E-state index in [1.165, 1.54) is 6.07 Å². The maximum atomic E-state index is 11.7. The second kappa shape index (κ2) is 5.21. The molecule has 5 heteroatoms. The third-order valence-corrected chi connectivity index (χ3v) is 4.77. The number of phenols is 1. The van der Waals surface area contributed by atoms with Crippen molar-refractivity contribution in [2.75, 3.05) is 5.94 Å². The fourth-order valence-electron chi connectivity index (χ4n) is 2.88. The highest BCUT2D eigenvalue weighted by Gasteiger charge is 2.22. The van der Waals surface area contributed by atoms with Crippen LogP contribution in [-0.4, -0.2) is 22.1 Å². The zero-order valence-corrected chi connectivity index (χ0v) is 12.8. The summed E-state index contributed by atoms with van der Waals surface area (Å²) in [4.78, 5) is 12.6. The average Bonchev–Trinajstić information content (AvgIpc) is 3.01. The van der Waals surface area contributed by atoms with E-state index in [-0.39, 0.29) is 11.3 Å². The first kappa shape index (κ1) is 14.0. The van der Waals surface area contributed by atoms with Gasteiger partial charge in [-0.3, -0.25) is 0 Å². The molecule has 0 aliphatic carbocycles. The highest BCUT2D eigenvalue weighted by atomic mass is 32.2. The predicted molar refractivity (Wildman–Crippen MR) is 89.4 cm³/mol. The quantitative estimate of drug-likeness (QED) is 0.733. The molecule has 0 fully saturated rings. The third-order valence-electron chi connectivity index (χ3n) is 3.90. The fourth-order valence-corrected chi connectivity index (χ4v) is 3.65. The van der Waals surface area contributed by atoms with Gasteiger partial charge in [-0.2, -0.15) is 0 Å². The van der Waals surface area contributed by atoms with Crippen LogP contribution in [0.4, 0.5) is 0 Å². The summed E-state index contributed by atoms with van der Waals surface area (Å²) in [5, 5.41) is 21.1. The Kier molecular flexibility index (Phi) is 3.16. The van der Waals surface area contributed by atoms with Gasteiger partial charge in [-0.1, -0.05) is 42.1 Å². The minimum atomic E-state index is -1.06. The summed E-state index contributed by atoms with van der Waals surface area (Å²) >= 11 is 1.56. The maximum Gasteiger partial charge on any atom is 0.336 e. The summed E-state index contributed by atoms with van der Waals surface area (Å²) in [6.07, 6.45) is 0. The lowest BCUT2D eigenvalue weighted by molar-refractivity contribution is 0.0697. The topological polar surface area (TPSA) is 66.8 Å². The first-order valence-corrected chi connectivity index (χ1v) is 8.02. The molecule has 1 aliphatic rings. The van der Waals surface area contributed by atoms with Crippen molar-refractivity contribution in [3.63, 3.8) is 0 Å². The smallest absolute Gasteiger partial charge is 0.336 e. The van der Waals surface area contributed by atoms with Crippen LogP contribution >= 0.6 is 11.8 Å². The van der Waals surface area contributed by atoms with Crippen molar-refractivity contribution in [1.29, 1.82) is 0 Å². The molecule has 4 nitrogen and oxygen atoms in total. The number of hydrogen-bond acceptors (Lipinski definition) is 4. The van der Waals surface area contributed by atoms with Gasteiger partial charge in [0.1, 0.15) is 17.4 Å². The average molecular weight is 324 g/mol. The van der Waals surface area contributed by atoms with E-state index in [1.54, 1.807) is 17.8 Å². The van der Waals surface area contributed by atoms with Crippen molar-refractivity contribution >= 4 is 28.5 Å². The first-order chi connectivity index (χ1) is 11.1. The molecule has 0 spiro atoms. The molecule has 0 saturated heterocycles. The van der Waals surface area contributed by atoms with Crippen LogP contribution in [0, 0.1) is 0 Å². The minimum absolute atomic E-state index is 0.0552. The molecule has 23 heavy (non-hydrogen) atoms. The zero-order chi connectivity index (χ0) is 16.0. The summed E-state index contributed by atoms with van der Waals surface area (Å²) < 4.78 is 5.52. The molecule has 1 heterocycles. The van der Waals surface area contributed by atoms with Crippen molar-refractivity contribution in [2.45, 2.75) is 4.90 Å². The van der Waals surface area contributed by atoms with E-state index in [4.69, 9.17) is 4.74 Å². The van der Waals surface area contributed by atoms with Gasteiger partial charge in [-0.15, -0.1) is 0 Å². The Morgan fingerprint density at radius 3 is 2.61 bits per heavy atom. The summed E-state index contributed by atoms with van der Waals surface area (Å²) in [7, 11) is 0. The molecular weight excluding hydrogens is 312 g/mol. The Morgan fingerprint density at radius 2 is 1.87 bits per heavy atom. The summed E-state index contributed by atoms with van der Waals surface area (Å²) in [6.45, 7) is 0. The largest absolute Gasteiger partial charge is 0.507 e. The molecule has 114 valence electrons. The van der Waals surface area contributed by atoms with Crippen LogP contribution in [-0.2, 0) is 0 Å². The summed E-state index contributed by atoms with van der Waals surface area (Å²) in [6, 6.07) is 14.3. The zero-order valence-electron chi connectivity index (χ0n) is 11.9. The van der Waals surface area contributed by atoms with Gasteiger partial charge in [-0.05, 0) is 29.1 Å². The van der Waals surface area contributed by atoms with Crippen LogP contribution in [0.25, 0.3) is 21.9 Å². The van der Waals surface area contributed by atoms with E-state index in [0.717, 1.165) is 16.2 Å². The number of hydrogen-bond donors (Lipinski definition) is 2. The number of fused-ring (bicyclic) bond motifs is 2. The lowest BCUT2D eigenvalue weighted by Gasteiger charge is -2.13. The maximum absolute atomic E-state index is 11.7. The van der Waals surface area contributed by atoms with E-state index in [2.05, 4.69) is 0 Å². The molecule has 0 unspecified atom stereocenters. The number of carboxylic acids is 1. The predicted octanol–water partition coefficient (Wildman–Crippen LogP) is 4.35. The number of thioether (sulfide) groups is 1. The molecular formula is C18H12O4S. The van der Waals surface area contributed by atoms with E-state index in [1.807, 2.05) is 36.4 Å². The SMILES string of the molecule is O=C(O)c1cc(O)c2cc3c(cc2c1-c1ccccc1)SCO3. The van der Waals surface area contributed by atoms with Crippen LogP contribution in [0.1, 0.15) is 10.4 Å². The summed E-state index contributed by atoms with van der Waals surface area (Å²) in [5.41, 5.74) is 1.50. The highest BCUT2D eigenvalue weighted by Crippen LogP contribution is 2.45. The van der Waals surface area contributed by atoms with Crippen molar-refractivity contribution in [2.24, 2.45) is 0 Å². The van der Waals surface area contributed by atoms with Crippen LogP contribution in [0.15, 0.2) is 53.4 Å². The first-order valence-electron chi connectivity index (χ1n) is 7.03. The molecule has 0 amide bonds. The standard InChI is InChI=1S/C18H12O4S/c19-14-6-13(18(20)21)17(10-4-2-1-3-5-10)12-8-16-15(7-11(12)14)22-9-23-16/h1-8,19H,9H2,(H,20,21). The molecule has 0 saturated carbocycles. The van der Waals surface area contributed by atoms with Gasteiger partial charge in [0, 0.05) is 10.9 Å². The molecule has 3 aromatic carbocycles. The fraction of sp³-hybridized carbons (Fsp3) is 0.0556. The van der Waals surface area contributed by atoms with E-state index in [9.17, 15) is 15.0 Å². The van der Waals surface area contributed by atoms with Crippen LogP contribution < -0.4 is 4.74 Å². The number of aromatic hydroxyl groups is 1. The number of benzene rings is 3. The summed E-state index contributed by atoms with van der Waals surface area (Å²) in [5.74, 6) is 0.129. The van der Waals surface area contributed by atoms with Gasteiger partial charge in [0.2, 0.25) is 0 Å². The number of phenolic OH excluding ortho intramolecular Hbond substituents is 1. The van der Waals surface area contributed by atoms with Crippen molar-refractivity contribution in [1.82, 2.24) is 0 Å². The second-order valence-corrected chi connectivity index (χ2v) is 6.20. The van der Waals surface area contributed by atoms with Gasteiger partial charge in [0.05, 0.1) is 10.5 Å². The number of carboxylic acid groups (broad SMARTS) is 1. The van der Waals surface area contributed by atoms with Crippen LogP contribution in [0.5, 0.6) is 11.5 Å². The van der Waals surface area contributed by atoms with Gasteiger partial charge in [-0.25, -0.2) is 4.79 Å². The van der Waals surface area contributed by atoms with Crippen molar-refractivity contribution in [3.05, 3.63) is 54.1 Å². The monoisotopic (exact) mass is 324 g/mol. The molecule has 1 aliphatic heterocycles. The lowest BCUT2D eigenvalue weighted by Crippen LogP contribution is -2.01. The normalized spacial score (nSPS) is 12.9. The van der Waals surface area contributed by atoms with Gasteiger partial charge < -0.3 is 14.9 Å². The van der Waals surface area contributed by atoms with Crippen LogP contribution in [0.3, 0.4) is 0 Å². The van der Waals surface area contributed by atoms with Crippen molar-refractivity contribution < 1.29 is 19.7 Å². The molecule has 2 N–H and O–H groups in total. The number of carbonyl (C=O) groups is 1. The Morgan fingerprint density at radius 1 is 1.09 bits per heavy atom. The Labute approximate surface area is 136 Å². The highest BCUT2D eigenvalue weighted by molar-refractivity contribution is 7.99. The number of ether oxygens (including phenoxy) is 1. The molecule has 3 aromatic rings. The minimum Gasteiger partial charge on any atom is -0.507 e. The van der Waals surface area contributed by atoms with Gasteiger partial charge >= 0.3 is 5.97 Å². The van der Waals surface area contributed by atoms with Crippen molar-refractivity contribution in [3.8, 4) is 22.6 Å². The molecule has 0 bridgehead atoms. The molecule has 0 atom stereocenters. The van der Waals surface area contributed by atoms with Crippen LogP contribution in [0.2, 0.25) is 0 Å². The molecule has 0 radical (unpaired) electrons. The lowest BCUT2D eigenvalue weighted by atomic mass is 9.92. The number of aromatic carboxylic acids is 1. The second-order valence-electron chi connectivity index (χ2n) is 5.24. The van der Waals surface area contributed by atoms with Gasteiger partial charge in [0.25, 0.3) is 0 Å². The molecule has 4 rings (SSSR count).